The highest BCUT2D eigenvalue weighted by molar-refractivity contribution is 5.74. The lowest BCUT2D eigenvalue weighted by Gasteiger charge is -2.20. The van der Waals surface area contributed by atoms with Crippen molar-refractivity contribution in [3.63, 3.8) is 0 Å². The van der Waals surface area contributed by atoms with Crippen molar-refractivity contribution in [3.8, 4) is 17.0 Å². The van der Waals surface area contributed by atoms with Crippen LogP contribution in [0.2, 0.25) is 0 Å². The summed E-state index contributed by atoms with van der Waals surface area (Å²) in [7, 11) is 3.28. The summed E-state index contributed by atoms with van der Waals surface area (Å²) in [6, 6.07) is 9.84. The average Bonchev–Trinajstić information content (AvgIpc) is 2.93. The number of aromatic nitrogens is 2. The highest BCUT2D eigenvalue weighted by Gasteiger charge is 2.20. The largest absolute Gasteiger partial charge is 0.497 e. The standard InChI is InChI=1S/C18H24N4O3/c1-24-10-7-19-18(23)21-8-4-9-22-15(13-21)12-17(20-22)14-5-3-6-16(11-14)25-2/h3,5-6,11-12H,4,7-10,13H2,1-2H3,(H,19,23). The number of aryl methyl sites for hydroxylation is 1. The third-order valence-electron chi connectivity index (χ3n) is 4.25. The average molecular weight is 344 g/mol. The molecule has 0 spiro atoms. The first-order chi connectivity index (χ1) is 12.2. The maximum atomic E-state index is 12.3. The molecule has 1 N–H and O–H groups in total. The maximum Gasteiger partial charge on any atom is 0.317 e. The number of nitrogens with zero attached hydrogens (tertiary/aromatic N) is 3. The van der Waals surface area contributed by atoms with Gasteiger partial charge in [-0.25, -0.2) is 4.79 Å². The van der Waals surface area contributed by atoms with E-state index in [1.165, 1.54) is 0 Å². The molecule has 2 amide bonds. The van der Waals surface area contributed by atoms with E-state index in [1.54, 1.807) is 14.2 Å². The summed E-state index contributed by atoms with van der Waals surface area (Å²) in [4.78, 5) is 14.1. The molecule has 0 atom stereocenters. The Morgan fingerprint density at radius 1 is 1.28 bits per heavy atom. The molecule has 0 saturated heterocycles. The molecule has 0 aliphatic carbocycles. The van der Waals surface area contributed by atoms with Crippen molar-refractivity contribution < 1.29 is 14.3 Å². The second-order valence-electron chi connectivity index (χ2n) is 5.98. The van der Waals surface area contributed by atoms with Crippen LogP contribution in [-0.2, 0) is 17.8 Å². The van der Waals surface area contributed by atoms with E-state index in [4.69, 9.17) is 14.6 Å². The molecule has 1 aromatic carbocycles. The van der Waals surface area contributed by atoms with Gasteiger partial charge in [-0.15, -0.1) is 0 Å². The fraction of sp³-hybridized carbons (Fsp3) is 0.444. The van der Waals surface area contributed by atoms with E-state index in [1.807, 2.05) is 33.8 Å². The summed E-state index contributed by atoms with van der Waals surface area (Å²) in [6.07, 6.45) is 0.879. The minimum atomic E-state index is -0.0605. The fourth-order valence-corrected chi connectivity index (χ4v) is 2.93. The van der Waals surface area contributed by atoms with Crippen molar-refractivity contribution in [3.05, 3.63) is 36.0 Å². The Morgan fingerprint density at radius 3 is 2.96 bits per heavy atom. The van der Waals surface area contributed by atoms with Gasteiger partial charge in [-0.05, 0) is 24.6 Å². The van der Waals surface area contributed by atoms with Gasteiger partial charge in [0, 0.05) is 32.3 Å². The molecule has 0 radical (unpaired) electrons. The van der Waals surface area contributed by atoms with E-state index in [9.17, 15) is 4.79 Å². The van der Waals surface area contributed by atoms with Gasteiger partial charge in [0.2, 0.25) is 0 Å². The van der Waals surface area contributed by atoms with Gasteiger partial charge in [0.15, 0.2) is 0 Å². The molecule has 2 heterocycles. The number of hydrogen-bond donors (Lipinski definition) is 1. The number of rotatable bonds is 5. The molecular formula is C18H24N4O3. The topological polar surface area (TPSA) is 68.6 Å². The number of hydrogen-bond acceptors (Lipinski definition) is 4. The summed E-state index contributed by atoms with van der Waals surface area (Å²) in [5, 5.41) is 7.59. The Bertz CT molecular complexity index is 729. The summed E-state index contributed by atoms with van der Waals surface area (Å²) in [5.41, 5.74) is 2.95. The van der Waals surface area contributed by atoms with Crippen LogP contribution in [-0.4, -0.2) is 54.6 Å². The van der Waals surface area contributed by atoms with Crippen LogP contribution in [0.5, 0.6) is 5.75 Å². The third kappa shape index (κ3) is 4.11. The molecule has 25 heavy (non-hydrogen) atoms. The monoisotopic (exact) mass is 344 g/mol. The van der Waals surface area contributed by atoms with Crippen LogP contribution in [0.25, 0.3) is 11.3 Å². The molecule has 3 rings (SSSR count). The third-order valence-corrected chi connectivity index (χ3v) is 4.25. The number of benzene rings is 1. The number of fused-ring (bicyclic) bond motifs is 1. The first-order valence-electron chi connectivity index (χ1n) is 8.44. The Hall–Kier alpha value is -2.54. The van der Waals surface area contributed by atoms with E-state index in [-0.39, 0.29) is 6.03 Å². The zero-order valence-corrected chi connectivity index (χ0v) is 14.7. The van der Waals surface area contributed by atoms with Crippen molar-refractivity contribution in [1.29, 1.82) is 0 Å². The van der Waals surface area contributed by atoms with Gasteiger partial charge in [-0.3, -0.25) is 4.68 Å². The van der Waals surface area contributed by atoms with Gasteiger partial charge >= 0.3 is 6.03 Å². The molecule has 1 aliphatic heterocycles. The molecule has 1 aromatic heterocycles. The number of methoxy groups -OCH3 is 2. The molecule has 0 unspecified atom stereocenters. The van der Waals surface area contributed by atoms with E-state index in [0.29, 0.717) is 19.7 Å². The summed E-state index contributed by atoms with van der Waals surface area (Å²) < 4.78 is 12.3. The van der Waals surface area contributed by atoms with Crippen LogP contribution in [0.4, 0.5) is 4.79 Å². The van der Waals surface area contributed by atoms with Gasteiger partial charge in [-0.1, -0.05) is 12.1 Å². The van der Waals surface area contributed by atoms with Crippen molar-refractivity contribution in [2.45, 2.75) is 19.5 Å². The molecule has 1 aliphatic rings. The lowest BCUT2D eigenvalue weighted by molar-refractivity contribution is 0.178. The molecular weight excluding hydrogens is 320 g/mol. The molecule has 0 saturated carbocycles. The molecule has 134 valence electrons. The van der Waals surface area contributed by atoms with Crippen LogP contribution in [0.1, 0.15) is 12.1 Å². The molecule has 2 aromatic rings. The van der Waals surface area contributed by atoms with Crippen LogP contribution < -0.4 is 10.1 Å². The summed E-state index contributed by atoms with van der Waals surface area (Å²) >= 11 is 0. The van der Waals surface area contributed by atoms with Gasteiger partial charge < -0.3 is 19.7 Å². The summed E-state index contributed by atoms with van der Waals surface area (Å²) in [6.45, 7) is 3.10. The van der Waals surface area contributed by atoms with E-state index in [0.717, 1.165) is 42.2 Å². The van der Waals surface area contributed by atoms with Crippen LogP contribution in [0.15, 0.2) is 30.3 Å². The Morgan fingerprint density at radius 2 is 2.16 bits per heavy atom. The number of carbonyl (C=O) groups is 1. The summed E-state index contributed by atoms with van der Waals surface area (Å²) in [5.74, 6) is 0.805. The van der Waals surface area contributed by atoms with Crippen molar-refractivity contribution in [2.75, 3.05) is 33.9 Å². The normalized spacial score (nSPS) is 13.9. The minimum absolute atomic E-state index is 0.0605. The highest BCUT2D eigenvalue weighted by atomic mass is 16.5. The van der Waals surface area contributed by atoms with E-state index >= 15 is 0 Å². The van der Waals surface area contributed by atoms with Gasteiger partial charge in [0.25, 0.3) is 0 Å². The molecule has 7 nitrogen and oxygen atoms in total. The first-order valence-corrected chi connectivity index (χ1v) is 8.44. The number of nitrogens with one attached hydrogen (secondary N) is 1. The van der Waals surface area contributed by atoms with Gasteiger partial charge in [0.05, 0.1) is 31.6 Å². The number of amides is 2. The fourth-order valence-electron chi connectivity index (χ4n) is 2.93. The Labute approximate surface area is 147 Å². The zero-order valence-electron chi connectivity index (χ0n) is 14.7. The smallest absolute Gasteiger partial charge is 0.317 e. The SMILES string of the molecule is COCCNC(=O)N1CCCn2nc(-c3cccc(OC)c3)cc2C1. The Kier molecular flexibility index (Phi) is 5.55. The molecule has 0 bridgehead atoms. The number of ether oxygens (including phenoxy) is 2. The number of urea groups is 1. The van der Waals surface area contributed by atoms with Crippen molar-refractivity contribution in [1.82, 2.24) is 20.0 Å². The lowest BCUT2D eigenvalue weighted by atomic mass is 10.1. The minimum Gasteiger partial charge on any atom is -0.497 e. The van der Waals surface area contributed by atoms with Crippen molar-refractivity contribution in [2.24, 2.45) is 0 Å². The Balaban J connectivity index is 1.75. The van der Waals surface area contributed by atoms with E-state index in [2.05, 4.69) is 11.4 Å². The van der Waals surface area contributed by atoms with Crippen LogP contribution in [0.3, 0.4) is 0 Å². The lowest BCUT2D eigenvalue weighted by Crippen LogP contribution is -2.40. The predicted octanol–water partition coefficient (Wildman–Crippen LogP) is 2.12. The molecule has 7 heteroatoms. The second kappa shape index (κ2) is 8.02. The van der Waals surface area contributed by atoms with Gasteiger partial charge in [0.1, 0.15) is 5.75 Å². The highest BCUT2D eigenvalue weighted by Crippen LogP contribution is 2.25. The number of carbonyl (C=O) groups excluding carboxylic acids is 1. The zero-order chi connectivity index (χ0) is 17.6. The van der Waals surface area contributed by atoms with Crippen LogP contribution in [0, 0.1) is 0 Å². The molecule has 0 fully saturated rings. The first kappa shape index (κ1) is 17.3. The van der Waals surface area contributed by atoms with Gasteiger partial charge in [-0.2, -0.15) is 5.10 Å². The predicted molar refractivity (Wildman–Crippen MR) is 94.5 cm³/mol. The quantitative estimate of drug-likeness (QED) is 0.844. The second-order valence-corrected chi connectivity index (χ2v) is 5.98. The maximum absolute atomic E-state index is 12.3. The van der Waals surface area contributed by atoms with Crippen LogP contribution >= 0.6 is 0 Å². The van der Waals surface area contributed by atoms with E-state index < -0.39 is 0 Å². The van der Waals surface area contributed by atoms with Crippen molar-refractivity contribution >= 4 is 6.03 Å².